The van der Waals surface area contributed by atoms with Gasteiger partial charge in [0.05, 0.1) is 4.92 Å². The summed E-state index contributed by atoms with van der Waals surface area (Å²) < 4.78 is 0. The molecule has 1 aliphatic heterocycles. The molecule has 2 rings (SSSR count). The third-order valence-electron chi connectivity index (χ3n) is 3.87. The molecule has 0 aromatic heterocycles. The summed E-state index contributed by atoms with van der Waals surface area (Å²) in [5, 5.41) is 11.2. The van der Waals surface area contributed by atoms with Gasteiger partial charge in [0.15, 0.2) is 0 Å². The SMILES string of the molecule is CC(=O)C1CCN(c2ccc(C(N)=O)cc2[N+](=O)[O-])CC1. The van der Waals surface area contributed by atoms with Gasteiger partial charge in [-0.2, -0.15) is 0 Å². The number of rotatable bonds is 4. The van der Waals surface area contributed by atoms with Gasteiger partial charge in [0, 0.05) is 30.6 Å². The zero-order valence-electron chi connectivity index (χ0n) is 11.7. The molecule has 7 nitrogen and oxygen atoms in total. The van der Waals surface area contributed by atoms with Gasteiger partial charge in [0.2, 0.25) is 5.91 Å². The van der Waals surface area contributed by atoms with Crippen LogP contribution in [0.15, 0.2) is 18.2 Å². The smallest absolute Gasteiger partial charge is 0.293 e. The van der Waals surface area contributed by atoms with Crippen LogP contribution in [-0.2, 0) is 4.79 Å². The number of nitrogens with two attached hydrogens (primary N) is 1. The second-order valence-corrected chi connectivity index (χ2v) is 5.20. The molecule has 1 aromatic rings. The fourth-order valence-corrected chi connectivity index (χ4v) is 2.62. The summed E-state index contributed by atoms with van der Waals surface area (Å²) in [6, 6.07) is 4.24. The fraction of sp³-hybridized carbons (Fsp3) is 0.429. The number of ketones is 1. The molecule has 0 spiro atoms. The van der Waals surface area contributed by atoms with Crippen LogP contribution in [-0.4, -0.2) is 29.7 Å². The van der Waals surface area contributed by atoms with E-state index in [1.54, 1.807) is 13.0 Å². The lowest BCUT2D eigenvalue weighted by atomic mass is 9.93. The van der Waals surface area contributed by atoms with Crippen LogP contribution in [0.2, 0.25) is 0 Å². The first-order valence-electron chi connectivity index (χ1n) is 6.73. The summed E-state index contributed by atoms with van der Waals surface area (Å²) >= 11 is 0. The maximum absolute atomic E-state index is 11.4. The average Bonchev–Trinajstić information content (AvgIpc) is 2.46. The van der Waals surface area contributed by atoms with Crippen molar-refractivity contribution in [3.05, 3.63) is 33.9 Å². The standard InChI is InChI=1S/C14H17N3O4/c1-9(18)10-4-6-16(7-5-10)12-3-2-11(14(15)19)8-13(12)17(20)21/h2-3,8,10H,4-7H2,1H3,(H2,15,19). The summed E-state index contributed by atoms with van der Waals surface area (Å²) in [7, 11) is 0. The number of primary amides is 1. The molecule has 1 saturated heterocycles. The molecule has 0 radical (unpaired) electrons. The normalized spacial score (nSPS) is 15.8. The lowest BCUT2D eigenvalue weighted by molar-refractivity contribution is -0.384. The van der Waals surface area contributed by atoms with Gasteiger partial charge >= 0.3 is 0 Å². The van der Waals surface area contributed by atoms with E-state index >= 15 is 0 Å². The Labute approximate surface area is 121 Å². The number of nitrogens with zero attached hydrogens (tertiary/aromatic N) is 2. The number of Topliss-reactive ketones (excluding diaryl/α,β-unsaturated/α-hetero) is 1. The highest BCUT2D eigenvalue weighted by atomic mass is 16.6. The predicted molar refractivity (Wildman–Crippen MR) is 77.2 cm³/mol. The molecule has 1 amide bonds. The molecule has 2 N–H and O–H groups in total. The number of nitro groups is 1. The van der Waals surface area contributed by atoms with Crippen molar-refractivity contribution in [2.75, 3.05) is 18.0 Å². The quantitative estimate of drug-likeness (QED) is 0.668. The van der Waals surface area contributed by atoms with E-state index in [2.05, 4.69) is 0 Å². The van der Waals surface area contributed by atoms with Crippen molar-refractivity contribution in [3.63, 3.8) is 0 Å². The molecule has 112 valence electrons. The molecule has 21 heavy (non-hydrogen) atoms. The lowest BCUT2D eigenvalue weighted by Crippen LogP contribution is -2.36. The van der Waals surface area contributed by atoms with Crippen molar-refractivity contribution in [3.8, 4) is 0 Å². The predicted octanol–water partition coefficient (Wildman–Crippen LogP) is 1.50. The summed E-state index contributed by atoms with van der Waals surface area (Å²) in [4.78, 5) is 35.0. The lowest BCUT2D eigenvalue weighted by Gasteiger charge is -2.32. The number of benzene rings is 1. The molecule has 0 unspecified atom stereocenters. The Morgan fingerprint density at radius 1 is 1.33 bits per heavy atom. The van der Waals surface area contributed by atoms with Gasteiger partial charge in [-0.1, -0.05) is 0 Å². The number of carbonyl (C=O) groups is 2. The second-order valence-electron chi connectivity index (χ2n) is 5.20. The Hall–Kier alpha value is -2.44. The summed E-state index contributed by atoms with van der Waals surface area (Å²) in [5.74, 6) is -0.502. The van der Waals surface area contributed by atoms with Gasteiger partial charge in [-0.3, -0.25) is 19.7 Å². The number of piperidine rings is 1. The monoisotopic (exact) mass is 291 g/mol. The van der Waals surface area contributed by atoms with Crippen LogP contribution in [0.4, 0.5) is 11.4 Å². The highest BCUT2D eigenvalue weighted by Gasteiger charge is 2.27. The number of carbonyl (C=O) groups excluding carboxylic acids is 2. The Kier molecular flexibility index (Phi) is 4.21. The van der Waals surface area contributed by atoms with E-state index < -0.39 is 10.8 Å². The first-order chi connectivity index (χ1) is 9.90. The molecule has 1 heterocycles. The number of hydrogen-bond acceptors (Lipinski definition) is 5. The van der Waals surface area contributed by atoms with Crippen molar-refractivity contribution in [1.82, 2.24) is 0 Å². The van der Waals surface area contributed by atoms with Crippen molar-refractivity contribution in [1.29, 1.82) is 0 Å². The van der Waals surface area contributed by atoms with Crippen LogP contribution < -0.4 is 10.6 Å². The molecular formula is C14H17N3O4. The Morgan fingerprint density at radius 3 is 2.43 bits per heavy atom. The molecule has 0 aliphatic carbocycles. The minimum atomic E-state index is -0.695. The van der Waals surface area contributed by atoms with Gasteiger partial charge in [-0.05, 0) is 31.9 Å². The summed E-state index contributed by atoms with van der Waals surface area (Å²) in [5.41, 5.74) is 5.60. The molecule has 1 aromatic carbocycles. The van der Waals surface area contributed by atoms with E-state index in [0.29, 0.717) is 31.6 Å². The molecule has 7 heteroatoms. The van der Waals surface area contributed by atoms with Crippen molar-refractivity contribution < 1.29 is 14.5 Å². The number of amides is 1. The van der Waals surface area contributed by atoms with E-state index in [9.17, 15) is 19.7 Å². The van der Waals surface area contributed by atoms with E-state index in [1.165, 1.54) is 12.1 Å². The third kappa shape index (κ3) is 3.18. The number of hydrogen-bond donors (Lipinski definition) is 1. The zero-order valence-corrected chi connectivity index (χ0v) is 11.7. The van der Waals surface area contributed by atoms with Gasteiger partial charge in [0.25, 0.3) is 5.69 Å². The minimum Gasteiger partial charge on any atom is -0.366 e. The number of anilines is 1. The molecule has 0 saturated carbocycles. The van der Waals surface area contributed by atoms with Crippen LogP contribution in [0.3, 0.4) is 0 Å². The summed E-state index contributed by atoms with van der Waals surface area (Å²) in [6.45, 7) is 2.74. The van der Waals surface area contributed by atoms with Gasteiger partial charge in [0.1, 0.15) is 11.5 Å². The zero-order chi connectivity index (χ0) is 15.6. The van der Waals surface area contributed by atoms with Crippen molar-refractivity contribution >= 4 is 23.1 Å². The highest BCUT2D eigenvalue weighted by Crippen LogP contribution is 2.32. The molecule has 0 atom stereocenters. The van der Waals surface area contributed by atoms with Crippen LogP contribution >= 0.6 is 0 Å². The maximum Gasteiger partial charge on any atom is 0.293 e. The van der Waals surface area contributed by atoms with Crippen molar-refractivity contribution in [2.24, 2.45) is 11.7 Å². The third-order valence-corrected chi connectivity index (χ3v) is 3.87. The Balaban J connectivity index is 2.26. The maximum atomic E-state index is 11.4. The average molecular weight is 291 g/mol. The minimum absolute atomic E-state index is 0.0326. The van der Waals surface area contributed by atoms with Crippen LogP contribution in [0.1, 0.15) is 30.1 Å². The van der Waals surface area contributed by atoms with E-state index in [-0.39, 0.29) is 23.0 Å². The van der Waals surface area contributed by atoms with E-state index in [1.807, 2.05) is 4.90 Å². The first kappa shape index (κ1) is 15.0. The number of nitro benzene ring substituents is 1. The van der Waals surface area contributed by atoms with E-state index in [0.717, 1.165) is 0 Å². The fourth-order valence-electron chi connectivity index (χ4n) is 2.62. The van der Waals surface area contributed by atoms with Crippen LogP contribution in [0.5, 0.6) is 0 Å². The summed E-state index contributed by atoms with van der Waals surface area (Å²) in [6.07, 6.45) is 1.37. The van der Waals surface area contributed by atoms with E-state index in [4.69, 9.17) is 5.73 Å². The van der Waals surface area contributed by atoms with Gasteiger partial charge in [-0.25, -0.2) is 0 Å². The largest absolute Gasteiger partial charge is 0.366 e. The Morgan fingerprint density at radius 2 is 1.95 bits per heavy atom. The molecular weight excluding hydrogens is 274 g/mol. The second kappa shape index (κ2) is 5.90. The first-order valence-corrected chi connectivity index (χ1v) is 6.73. The molecule has 1 fully saturated rings. The molecule has 1 aliphatic rings. The topological polar surface area (TPSA) is 107 Å². The van der Waals surface area contributed by atoms with Gasteiger partial charge in [-0.15, -0.1) is 0 Å². The Bertz CT molecular complexity index is 592. The molecule has 0 bridgehead atoms. The van der Waals surface area contributed by atoms with Gasteiger partial charge < -0.3 is 10.6 Å². The van der Waals surface area contributed by atoms with Crippen LogP contribution in [0, 0.1) is 16.0 Å². The van der Waals surface area contributed by atoms with Crippen LogP contribution in [0.25, 0.3) is 0 Å². The highest BCUT2D eigenvalue weighted by molar-refractivity contribution is 5.94. The van der Waals surface area contributed by atoms with Crippen molar-refractivity contribution in [2.45, 2.75) is 19.8 Å².